The average Bonchev–Trinajstić information content (AvgIpc) is 2.64. The first kappa shape index (κ1) is 18.0. The summed E-state index contributed by atoms with van der Waals surface area (Å²) in [6.07, 6.45) is 2.04. The van der Waals surface area contributed by atoms with Crippen molar-refractivity contribution in [2.24, 2.45) is 0 Å². The van der Waals surface area contributed by atoms with Crippen LogP contribution in [0.5, 0.6) is 5.75 Å². The van der Waals surface area contributed by atoms with Gasteiger partial charge < -0.3 is 15.0 Å². The summed E-state index contributed by atoms with van der Waals surface area (Å²) in [6.45, 7) is 5.61. The van der Waals surface area contributed by atoms with Crippen LogP contribution in [0.1, 0.15) is 40.7 Å². The Bertz CT molecular complexity index is 887. The number of fused-ring (bicyclic) bond motifs is 1. The van der Waals surface area contributed by atoms with E-state index in [2.05, 4.69) is 16.3 Å². The maximum Gasteiger partial charge on any atom is 0.173 e. The molecule has 1 fully saturated rings. The summed E-state index contributed by atoms with van der Waals surface area (Å²) in [7, 11) is 0. The highest BCUT2D eigenvalue weighted by atomic mass is 32.1. The van der Waals surface area contributed by atoms with Gasteiger partial charge in [0.25, 0.3) is 0 Å². The van der Waals surface area contributed by atoms with Crippen molar-refractivity contribution in [1.29, 1.82) is 0 Å². The minimum absolute atomic E-state index is 0.196. The van der Waals surface area contributed by atoms with E-state index in [4.69, 9.17) is 17.0 Å². The van der Waals surface area contributed by atoms with E-state index in [9.17, 15) is 4.79 Å². The molecule has 0 bridgehead atoms. The molecule has 0 aromatic heterocycles. The predicted octanol–water partition coefficient (Wildman–Crippen LogP) is 4.50. The highest BCUT2D eigenvalue weighted by molar-refractivity contribution is 7.80. The molecule has 0 atom stereocenters. The van der Waals surface area contributed by atoms with Crippen LogP contribution in [0.4, 0.5) is 5.69 Å². The molecule has 4 rings (SSSR count). The van der Waals surface area contributed by atoms with Crippen molar-refractivity contribution in [3.05, 3.63) is 59.2 Å². The molecule has 2 aromatic rings. The lowest BCUT2D eigenvalue weighted by atomic mass is 9.81. The van der Waals surface area contributed by atoms with Crippen LogP contribution in [-0.2, 0) is 0 Å². The molecule has 1 N–H and O–H groups in total. The first-order valence-electron chi connectivity index (χ1n) is 9.40. The van der Waals surface area contributed by atoms with Crippen molar-refractivity contribution in [1.82, 2.24) is 4.90 Å². The summed E-state index contributed by atoms with van der Waals surface area (Å²) in [5.74, 6) is 0.969. The highest BCUT2D eigenvalue weighted by Crippen LogP contribution is 2.41. The number of carbonyl (C=O) groups is 1. The number of nitrogens with one attached hydrogen (secondary N) is 1. The first-order valence-corrected chi connectivity index (χ1v) is 9.81. The number of carbonyl (C=O) groups excluding carboxylic acids is 1. The summed E-state index contributed by atoms with van der Waals surface area (Å²) < 4.78 is 6.45. The second kappa shape index (κ2) is 6.97. The van der Waals surface area contributed by atoms with Crippen molar-refractivity contribution >= 4 is 28.8 Å². The standard InChI is InChI=1S/C22H24N2O2S/c1-15-12-16(2)20-18(13-15)19(25)14-22(26-20)8-10-24(11-9-22)21(27)23-17-6-4-3-5-7-17/h3-7,12-13H,8-11,14H2,1-2H3,(H,23,27). The van der Waals surface area contributed by atoms with E-state index >= 15 is 0 Å². The third kappa shape index (κ3) is 3.56. The first-order chi connectivity index (χ1) is 13.0. The topological polar surface area (TPSA) is 41.6 Å². The molecular formula is C22H24N2O2S. The fourth-order valence-electron chi connectivity index (χ4n) is 4.06. The summed E-state index contributed by atoms with van der Waals surface area (Å²) in [5, 5.41) is 4.02. The number of ketones is 1. The van der Waals surface area contributed by atoms with Gasteiger partial charge in [0, 0.05) is 31.6 Å². The highest BCUT2D eigenvalue weighted by Gasteiger charge is 2.43. The zero-order chi connectivity index (χ0) is 19.0. The summed E-state index contributed by atoms with van der Waals surface area (Å²) in [6, 6.07) is 14.0. The second-order valence-electron chi connectivity index (χ2n) is 7.63. The van der Waals surface area contributed by atoms with Gasteiger partial charge in [0.15, 0.2) is 10.9 Å². The number of hydrogen-bond donors (Lipinski definition) is 1. The SMILES string of the molecule is Cc1cc(C)c2c(c1)C(=O)CC1(CCN(C(=S)Nc3ccccc3)CC1)O2. The van der Waals surface area contributed by atoms with Crippen molar-refractivity contribution < 1.29 is 9.53 Å². The third-order valence-corrected chi connectivity index (χ3v) is 5.87. The van der Waals surface area contributed by atoms with E-state index in [0.29, 0.717) is 6.42 Å². The number of para-hydroxylation sites is 1. The molecule has 1 saturated heterocycles. The quantitative estimate of drug-likeness (QED) is 0.738. The second-order valence-corrected chi connectivity index (χ2v) is 8.01. The molecule has 2 aliphatic rings. The third-order valence-electron chi connectivity index (χ3n) is 5.51. The van der Waals surface area contributed by atoms with Gasteiger partial charge in [-0.25, -0.2) is 0 Å². The maximum absolute atomic E-state index is 12.8. The lowest BCUT2D eigenvalue weighted by molar-refractivity contribution is 0.00351. The molecular weight excluding hydrogens is 356 g/mol. The normalized spacial score (nSPS) is 18.0. The minimum atomic E-state index is -0.400. The molecule has 5 heteroatoms. The number of likely N-dealkylation sites (tertiary alicyclic amines) is 1. The van der Waals surface area contributed by atoms with Gasteiger partial charge in [0.2, 0.25) is 0 Å². The maximum atomic E-state index is 12.8. The van der Waals surface area contributed by atoms with Crippen molar-refractivity contribution in [3.8, 4) is 5.75 Å². The molecule has 0 radical (unpaired) electrons. The number of Topliss-reactive ketones (excluding diaryl/α,β-unsaturated/α-hetero) is 1. The molecule has 27 heavy (non-hydrogen) atoms. The van der Waals surface area contributed by atoms with Gasteiger partial charge in [0.05, 0.1) is 12.0 Å². The molecule has 0 saturated carbocycles. The smallest absolute Gasteiger partial charge is 0.173 e. The van der Waals surface area contributed by atoms with Crippen LogP contribution in [0.2, 0.25) is 0 Å². The number of rotatable bonds is 1. The Labute approximate surface area is 165 Å². The lowest BCUT2D eigenvalue weighted by Gasteiger charge is -2.45. The van der Waals surface area contributed by atoms with E-state index in [1.54, 1.807) is 0 Å². The van der Waals surface area contributed by atoms with Gasteiger partial charge in [-0.3, -0.25) is 4.79 Å². The Hall–Kier alpha value is -2.40. The van der Waals surface area contributed by atoms with E-state index < -0.39 is 5.60 Å². The number of thiocarbonyl (C=S) groups is 1. The van der Waals surface area contributed by atoms with Crippen molar-refractivity contribution in [3.63, 3.8) is 0 Å². The van der Waals surface area contributed by atoms with Gasteiger partial charge >= 0.3 is 0 Å². The molecule has 0 amide bonds. The molecule has 2 aliphatic heterocycles. The predicted molar refractivity (Wildman–Crippen MR) is 112 cm³/mol. The Morgan fingerprint density at radius 3 is 2.56 bits per heavy atom. The molecule has 1 spiro atoms. The number of aryl methyl sites for hydroxylation is 2. The van der Waals surface area contributed by atoms with Gasteiger partial charge in [-0.05, 0) is 55.4 Å². The van der Waals surface area contributed by atoms with Gasteiger partial charge in [-0.1, -0.05) is 24.3 Å². The Kier molecular flexibility index (Phi) is 4.64. The molecule has 2 aromatic carbocycles. The van der Waals surface area contributed by atoms with Crippen LogP contribution in [-0.4, -0.2) is 34.5 Å². The number of benzene rings is 2. The van der Waals surface area contributed by atoms with Gasteiger partial charge in [-0.2, -0.15) is 0 Å². The zero-order valence-corrected chi connectivity index (χ0v) is 16.6. The summed E-state index contributed by atoms with van der Waals surface area (Å²) in [5.41, 5.74) is 3.48. The molecule has 0 unspecified atom stereocenters. The van der Waals surface area contributed by atoms with Crippen molar-refractivity contribution in [2.45, 2.75) is 38.7 Å². The molecule has 0 aliphatic carbocycles. The van der Waals surface area contributed by atoms with Gasteiger partial charge in [-0.15, -0.1) is 0 Å². The van der Waals surface area contributed by atoms with E-state index in [1.165, 1.54) is 0 Å². The Morgan fingerprint density at radius 2 is 1.85 bits per heavy atom. The van der Waals surface area contributed by atoms with Crippen LogP contribution in [0.25, 0.3) is 0 Å². The van der Waals surface area contributed by atoms with Crippen LogP contribution < -0.4 is 10.1 Å². The Balaban J connectivity index is 1.46. The average molecular weight is 381 g/mol. The van der Waals surface area contributed by atoms with Crippen molar-refractivity contribution in [2.75, 3.05) is 18.4 Å². The zero-order valence-electron chi connectivity index (χ0n) is 15.7. The molecule has 2 heterocycles. The van der Waals surface area contributed by atoms with E-state index in [0.717, 1.165) is 59.2 Å². The van der Waals surface area contributed by atoms with Crippen LogP contribution in [0.15, 0.2) is 42.5 Å². The Morgan fingerprint density at radius 1 is 1.15 bits per heavy atom. The van der Waals surface area contributed by atoms with E-state index in [-0.39, 0.29) is 5.78 Å². The molecule has 4 nitrogen and oxygen atoms in total. The summed E-state index contributed by atoms with van der Waals surface area (Å²) in [4.78, 5) is 15.0. The minimum Gasteiger partial charge on any atom is -0.486 e. The lowest BCUT2D eigenvalue weighted by Crippen LogP contribution is -2.53. The molecule has 140 valence electrons. The summed E-state index contributed by atoms with van der Waals surface area (Å²) >= 11 is 5.57. The van der Waals surface area contributed by atoms with Crippen LogP contribution in [0.3, 0.4) is 0 Å². The number of piperidine rings is 1. The van der Waals surface area contributed by atoms with Gasteiger partial charge in [0.1, 0.15) is 11.4 Å². The number of ether oxygens (including phenoxy) is 1. The van der Waals surface area contributed by atoms with Crippen LogP contribution >= 0.6 is 12.2 Å². The van der Waals surface area contributed by atoms with Crippen LogP contribution in [0, 0.1) is 13.8 Å². The monoisotopic (exact) mass is 380 g/mol. The number of anilines is 1. The fourth-order valence-corrected chi connectivity index (χ4v) is 4.36. The number of nitrogens with zero attached hydrogens (tertiary/aromatic N) is 1. The fraction of sp³-hybridized carbons (Fsp3) is 0.364. The number of hydrogen-bond acceptors (Lipinski definition) is 3. The largest absolute Gasteiger partial charge is 0.486 e. The van der Waals surface area contributed by atoms with E-state index in [1.807, 2.05) is 50.2 Å².